The smallest absolute Gasteiger partial charge is 0.295 e. The van der Waals surface area contributed by atoms with Crippen molar-refractivity contribution in [2.45, 2.75) is 0 Å². The third-order valence-corrected chi connectivity index (χ3v) is 1.45. The van der Waals surface area contributed by atoms with Crippen molar-refractivity contribution in [1.82, 2.24) is 4.98 Å². The summed E-state index contributed by atoms with van der Waals surface area (Å²) < 4.78 is 9.81. The number of nitrogens with zero attached hydrogens (tertiary/aromatic N) is 1. The number of hydrogen-bond donors (Lipinski definition) is 0. The zero-order chi connectivity index (χ0) is 6.10. The van der Waals surface area contributed by atoms with Gasteiger partial charge in [0, 0.05) is 6.20 Å². The first kappa shape index (κ1) is 4.93. The molecule has 2 heterocycles. The molecular weight excluding hydrogens is 138 g/mol. The molecule has 0 aliphatic carbocycles. The molecule has 1 aliphatic rings. The Morgan fingerprint density at radius 1 is 1.44 bits per heavy atom. The first-order valence-corrected chi connectivity index (χ1v) is 3.10. The Balaban J connectivity index is 2.54. The second-order valence-corrected chi connectivity index (χ2v) is 2.01. The number of rotatable bonds is 0. The Bertz CT molecular complexity index is 205. The molecular formula is C5H3NO2S. The standard InChI is InChI=1S/C5H3NO2S/c1-2-4-5(6-3-1)8-9-7-4/h1-3H. The van der Waals surface area contributed by atoms with Crippen LogP contribution in [0.4, 0.5) is 0 Å². The van der Waals surface area contributed by atoms with E-state index < -0.39 is 0 Å². The Labute approximate surface area is 56.4 Å². The van der Waals surface area contributed by atoms with E-state index in [2.05, 4.69) is 4.98 Å². The molecule has 3 nitrogen and oxygen atoms in total. The second-order valence-electron chi connectivity index (χ2n) is 1.54. The summed E-state index contributed by atoms with van der Waals surface area (Å²) in [5.74, 6) is 1.25. The molecule has 1 aromatic heterocycles. The van der Waals surface area contributed by atoms with Crippen molar-refractivity contribution in [1.29, 1.82) is 0 Å². The highest BCUT2D eigenvalue weighted by molar-refractivity contribution is 7.90. The molecule has 0 fully saturated rings. The molecule has 0 saturated carbocycles. The van der Waals surface area contributed by atoms with Crippen molar-refractivity contribution in [3.05, 3.63) is 18.3 Å². The summed E-state index contributed by atoms with van der Waals surface area (Å²) in [6, 6.07) is 3.61. The van der Waals surface area contributed by atoms with Gasteiger partial charge < -0.3 is 8.37 Å². The molecule has 0 atom stereocenters. The van der Waals surface area contributed by atoms with E-state index in [0.29, 0.717) is 11.6 Å². The minimum atomic E-state index is 0.558. The van der Waals surface area contributed by atoms with Gasteiger partial charge in [-0.3, -0.25) is 0 Å². The highest BCUT2D eigenvalue weighted by atomic mass is 32.2. The summed E-state index contributed by atoms with van der Waals surface area (Å²) in [7, 11) is 0. The molecule has 0 radical (unpaired) electrons. The van der Waals surface area contributed by atoms with Gasteiger partial charge in [0.15, 0.2) is 0 Å². The largest absolute Gasteiger partial charge is 0.385 e. The summed E-state index contributed by atoms with van der Waals surface area (Å²) in [5.41, 5.74) is 0. The first-order valence-electron chi connectivity index (χ1n) is 2.43. The molecule has 0 bridgehead atoms. The van der Waals surface area contributed by atoms with E-state index in [9.17, 15) is 0 Å². The van der Waals surface area contributed by atoms with Crippen molar-refractivity contribution in [2.75, 3.05) is 0 Å². The minimum Gasteiger partial charge on any atom is -0.385 e. The predicted octanol–water partition coefficient (Wildman–Crippen LogP) is 1.42. The maximum Gasteiger partial charge on any atom is 0.295 e. The van der Waals surface area contributed by atoms with Crippen LogP contribution in [0.3, 0.4) is 0 Å². The van der Waals surface area contributed by atoms with Crippen LogP contribution in [-0.2, 0) is 0 Å². The van der Waals surface area contributed by atoms with E-state index in [1.54, 1.807) is 12.3 Å². The van der Waals surface area contributed by atoms with Gasteiger partial charge in [0.2, 0.25) is 5.75 Å². The van der Waals surface area contributed by atoms with Crippen molar-refractivity contribution >= 4 is 12.3 Å². The average molecular weight is 141 g/mol. The molecule has 0 amide bonds. The fourth-order valence-corrected chi connectivity index (χ4v) is 1.01. The quantitative estimate of drug-likeness (QED) is 0.511. The number of fused-ring (bicyclic) bond motifs is 1. The van der Waals surface area contributed by atoms with Crippen LogP contribution < -0.4 is 8.37 Å². The lowest BCUT2D eigenvalue weighted by Gasteiger charge is -1.86. The minimum absolute atomic E-state index is 0.558. The van der Waals surface area contributed by atoms with Gasteiger partial charge in [0.1, 0.15) is 0 Å². The van der Waals surface area contributed by atoms with E-state index in [1.165, 1.54) is 0 Å². The summed E-state index contributed by atoms with van der Waals surface area (Å²) in [4.78, 5) is 3.89. The summed E-state index contributed by atoms with van der Waals surface area (Å²) in [6.07, 6.45) is 1.66. The van der Waals surface area contributed by atoms with Crippen LogP contribution in [0.5, 0.6) is 11.6 Å². The third-order valence-electron chi connectivity index (χ3n) is 0.973. The zero-order valence-corrected chi connectivity index (χ0v) is 5.22. The first-order chi connectivity index (χ1) is 4.47. The maximum atomic E-state index is 4.93. The monoisotopic (exact) mass is 141 g/mol. The van der Waals surface area contributed by atoms with Crippen LogP contribution in [0.25, 0.3) is 0 Å². The van der Waals surface area contributed by atoms with Gasteiger partial charge in [-0.05, 0) is 12.1 Å². The summed E-state index contributed by atoms with van der Waals surface area (Å²) in [6.45, 7) is 0. The van der Waals surface area contributed by atoms with Gasteiger partial charge in [0.25, 0.3) is 18.2 Å². The highest BCUT2D eigenvalue weighted by Gasteiger charge is 2.14. The Kier molecular flexibility index (Phi) is 0.989. The van der Waals surface area contributed by atoms with Gasteiger partial charge in [-0.25, -0.2) is 4.98 Å². The second kappa shape index (κ2) is 1.80. The summed E-state index contributed by atoms with van der Waals surface area (Å²) >= 11 is 0.940. The Hall–Kier alpha value is -0.900. The van der Waals surface area contributed by atoms with Crippen LogP contribution >= 0.6 is 12.3 Å². The van der Waals surface area contributed by atoms with Gasteiger partial charge in [-0.1, -0.05) is 0 Å². The highest BCUT2D eigenvalue weighted by Crippen LogP contribution is 2.35. The molecule has 1 aliphatic heterocycles. The van der Waals surface area contributed by atoms with Crippen molar-refractivity contribution in [3.8, 4) is 11.6 Å². The number of aromatic nitrogens is 1. The van der Waals surface area contributed by atoms with Crippen LogP contribution in [-0.4, -0.2) is 4.98 Å². The maximum absolute atomic E-state index is 4.93. The SMILES string of the molecule is c1cnc2c(c1)OSO2. The van der Waals surface area contributed by atoms with E-state index in [0.717, 1.165) is 12.3 Å². The fourth-order valence-electron chi connectivity index (χ4n) is 0.588. The van der Waals surface area contributed by atoms with Crippen molar-refractivity contribution in [2.24, 2.45) is 0 Å². The van der Waals surface area contributed by atoms with Crippen LogP contribution in [0, 0.1) is 0 Å². The molecule has 4 heteroatoms. The number of pyridine rings is 1. The van der Waals surface area contributed by atoms with E-state index in [1.807, 2.05) is 6.07 Å². The van der Waals surface area contributed by atoms with Gasteiger partial charge in [-0.2, -0.15) is 0 Å². The lowest BCUT2D eigenvalue weighted by atomic mass is 10.4. The average Bonchev–Trinajstić information content (AvgIpc) is 2.33. The van der Waals surface area contributed by atoms with E-state index in [4.69, 9.17) is 8.37 Å². The van der Waals surface area contributed by atoms with Gasteiger partial charge in [-0.15, -0.1) is 0 Å². The van der Waals surface area contributed by atoms with Gasteiger partial charge in [0.05, 0.1) is 0 Å². The Morgan fingerprint density at radius 2 is 2.44 bits per heavy atom. The number of hydrogen-bond acceptors (Lipinski definition) is 4. The molecule has 0 aromatic carbocycles. The van der Waals surface area contributed by atoms with Crippen LogP contribution in [0.1, 0.15) is 0 Å². The topological polar surface area (TPSA) is 31.4 Å². The molecule has 0 N–H and O–H groups in total. The molecule has 0 spiro atoms. The zero-order valence-electron chi connectivity index (χ0n) is 4.40. The summed E-state index contributed by atoms with van der Waals surface area (Å²) in [5, 5.41) is 0. The molecule has 2 rings (SSSR count). The lowest BCUT2D eigenvalue weighted by molar-refractivity contribution is 0.620. The van der Waals surface area contributed by atoms with Gasteiger partial charge >= 0.3 is 0 Å². The molecule has 46 valence electrons. The Morgan fingerprint density at radius 3 is 3.33 bits per heavy atom. The molecule has 1 aromatic rings. The molecule has 9 heavy (non-hydrogen) atoms. The molecule has 0 unspecified atom stereocenters. The molecule has 0 saturated heterocycles. The van der Waals surface area contributed by atoms with Crippen molar-refractivity contribution in [3.63, 3.8) is 0 Å². The van der Waals surface area contributed by atoms with E-state index >= 15 is 0 Å². The third kappa shape index (κ3) is 0.712. The van der Waals surface area contributed by atoms with Crippen LogP contribution in [0.15, 0.2) is 18.3 Å². The normalized spacial score (nSPS) is 13.8. The fraction of sp³-hybridized carbons (Fsp3) is 0. The van der Waals surface area contributed by atoms with Crippen molar-refractivity contribution < 1.29 is 8.37 Å². The predicted molar refractivity (Wildman–Crippen MR) is 33.1 cm³/mol. The van der Waals surface area contributed by atoms with Crippen LogP contribution in [0.2, 0.25) is 0 Å². The lowest BCUT2D eigenvalue weighted by Crippen LogP contribution is -1.73. The van der Waals surface area contributed by atoms with E-state index in [-0.39, 0.29) is 0 Å².